The molecule has 0 amide bonds. The lowest BCUT2D eigenvalue weighted by molar-refractivity contribution is 0.204. The summed E-state index contributed by atoms with van der Waals surface area (Å²) in [7, 11) is 0. The third kappa shape index (κ3) is 4.36. The van der Waals surface area contributed by atoms with Crippen molar-refractivity contribution in [3.63, 3.8) is 0 Å². The quantitative estimate of drug-likeness (QED) is 0.922. The number of hydrogen-bond donors (Lipinski definition) is 1. The summed E-state index contributed by atoms with van der Waals surface area (Å²) in [6, 6.07) is 10.9. The van der Waals surface area contributed by atoms with Gasteiger partial charge >= 0.3 is 0 Å². The van der Waals surface area contributed by atoms with Crippen molar-refractivity contribution in [2.45, 2.75) is 32.2 Å². The zero-order chi connectivity index (χ0) is 15.9. The molecule has 1 aliphatic heterocycles. The van der Waals surface area contributed by atoms with Gasteiger partial charge in [0.2, 0.25) is 0 Å². The van der Waals surface area contributed by atoms with Crippen LogP contribution in [0, 0.1) is 0 Å². The Bertz CT molecular complexity index is 574. The second-order valence-electron chi connectivity index (χ2n) is 6.13. The number of rotatable bonds is 5. The first kappa shape index (κ1) is 16.1. The summed E-state index contributed by atoms with van der Waals surface area (Å²) in [4.78, 5) is 11.8. The van der Waals surface area contributed by atoms with Crippen LogP contribution >= 0.6 is 0 Å². The van der Waals surface area contributed by atoms with E-state index in [0.29, 0.717) is 6.04 Å². The van der Waals surface area contributed by atoms with E-state index in [-0.39, 0.29) is 0 Å². The Morgan fingerprint density at radius 3 is 2.83 bits per heavy atom. The van der Waals surface area contributed by atoms with Crippen LogP contribution in [0.5, 0.6) is 0 Å². The Kier molecular flexibility index (Phi) is 5.72. The molecule has 1 atom stereocenters. The van der Waals surface area contributed by atoms with E-state index in [9.17, 15) is 0 Å². The largest absolute Gasteiger partial charge is 0.315 e. The van der Waals surface area contributed by atoms with Crippen LogP contribution in [0.2, 0.25) is 0 Å². The minimum Gasteiger partial charge on any atom is -0.315 e. The molecule has 1 fully saturated rings. The molecule has 4 nitrogen and oxygen atoms in total. The number of aromatic nitrogens is 2. The molecule has 1 N–H and O–H groups in total. The van der Waals surface area contributed by atoms with Gasteiger partial charge in [-0.1, -0.05) is 19.1 Å². The van der Waals surface area contributed by atoms with Gasteiger partial charge in [0.15, 0.2) is 0 Å². The third-order valence-corrected chi connectivity index (χ3v) is 4.54. The van der Waals surface area contributed by atoms with Crippen molar-refractivity contribution < 1.29 is 0 Å². The zero-order valence-electron chi connectivity index (χ0n) is 13.9. The van der Waals surface area contributed by atoms with Crippen LogP contribution in [0.3, 0.4) is 0 Å². The summed E-state index contributed by atoms with van der Waals surface area (Å²) in [5.74, 6) is 0. The SMILES string of the molecule is CCc1ccc(C(Cc2ccccn2)N2CCCNCC2)nc1. The van der Waals surface area contributed by atoms with Gasteiger partial charge in [0.1, 0.15) is 0 Å². The van der Waals surface area contributed by atoms with Gasteiger partial charge in [-0.25, -0.2) is 0 Å². The van der Waals surface area contributed by atoms with Crippen LogP contribution in [-0.2, 0) is 12.8 Å². The van der Waals surface area contributed by atoms with Crippen LogP contribution in [0.25, 0.3) is 0 Å². The molecular weight excluding hydrogens is 284 g/mol. The van der Waals surface area contributed by atoms with Crippen LogP contribution in [0.4, 0.5) is 0 Å². The van der Waals surface area contributed by atoms with Crippen LogP contribution in [0.1, 0.15) is 36.3 Å². The summed E-state index contributed by atoms with van der Waals surface area (Å²) >= 11 is 0. The lowest BCUT2D eigenvalue weighted by Crippen LogP contribution is -2.34. The predicted molar refractivity (Wildman–Crippen MR) is 93.4 cm³/mol. The molecule has 2 aromatic heterocycles. The highest BCUT2D eigenvalue weighted by Gasteiger charge is 2.23. The van der Waals surface area contributed by atoms with Crippen molar-refractivity contribution in [2.24, 2.45) is 0 Å². The second-order valence-corrected chi connectivity index (χ2v) is 6.13. The minimum absolute atomic E-state index is 0.302. The lowest BCUT2D eigenvalue weighted by Gasteiger charge is -2.30. The Morgan fingerprint density at radius 1 is 1.13 bits per heavy atom. The average Bonchev–Trinajstić information content (AvgIpc) is 2.90. The molecule has 1 aliphatic rings. The average molecular weight is 310 g/mol. The van der Waals surface area contributed by atoms with E-state index in [1.54, 1.807) is 0 Å². The van der Waals surface area contributed by atoms with Gasteiger partial charge in [-0.15, -0.1) is 0 Å². The number of hydrogen-bond acceptors (Lipinski definition) is 4. The van der Waals surface area contributed by atoms with E-state index in [4.69, 9.17) is 4.98 Å². The number of nitrogens with one attached hydrogen (secondary N) is 1. The van der Waals surface area contributed by atoms with Crippen molar-refractivity contribution in [2.75, 3.05) is 26.2 Å². The summed E-state index contributed by atoms with van der Waals surface area (Å²) in [5, 5.41) is 3.49. The smallest absolute Gasteiger partial charge is 0.0579 e. The molecular formula is C19H26N4. The minimum atomic E-state index is 0.302. The van der Waals surface area contributed by atoms with Crippen LogP contribution in [0.15, 0.2) is 42.7 Å². The van der Waals surface area contributed by atoms with Gasteiger partial charge in [0.25, 0.3) is 0 Å². The molecule has 0 spiro atoms. The Labute approximate surface area is 139 Å². The van der Waals surface area contributed by atoms with E-state index < -0.39 is 0 Å². The molecule has 4 heteroatoms. The van der Waals surface area contributed by atoms with E-state index in [1.165, 1.54) is 12.0 Å². The monoisotopic (exact) mass is 310 g/mol. The van der Waals surface area contributed by atoms with Crippen molar-refractivity contribution in [3.8, 4) is 0 Å². The van der Waals surface area contributed by atoms with Gasteiger partial charge in [-0.2, -0.15) is 0 Å². The van der Waals surface area contributed by atoms with Gasteiger partial charge < -0.3 is 5.32 Å². The maximum Gasteiger partial charge on any atom is 0.0579 e. The first-order valence-electron chi connectivity index (χ1n) is 8.66. The highest BCUT2D eigenvalue weighted by atomic mass is 15.2. The van der Waals surface area contributed by atoms with Gasteiger partial charge in [-0.3, -0.25) is 14.9 Å². The number of aryl methyl sites for hydroxylation is 1. The van der Waals surface area contributed by atoms with Gasteiger partial charge in [-0.05, 0) is 43.1 Å². The fraction of sp³-hybridized carbons (Fsp3) is 0.474. The Hall–Kier alpha value is -1.78. The molecule has 0 aliphatic carbocycles. The molecule has 2 aromatic rings. The molecule has 0 aromatic carbocycles. The van der Waals surface area contributed by atoms with Crippen LogP contribution < -0.4 is 5.32 Å². The fourth-order valence-electron chi connectivity index (χ4n) is 3.16. The van der Waals surface area contributed by atoms with Crippen molar-refractivity contribution in [3.05, 3.63) is 59.7 Å². The molecule has 0 radical (unpaired) electrons. The molecule has 3 heterocycles. The van der Waals surface area contributed by atoms with E-state index in [1.807, 2.05) is 18.5 Å². The summed E-state index contributed by atoms with van der Waals surface area (Å²) in [5.41, 5.74) is 3.59. The van der Waals surface area contributed by atoms with Crippen molar-refractivity contribution >= 4 is 0 Å². The summed E-state index contributed by atoms with van der Waals surface area (Å²) in [6.45, 7) is 6.50. The molecule has 122 valence electrons. The molecule has 1 saturated heterocycles. The standard InChI is InChI=1S/C19H26N4/c1-2-16-7-8-18(22-15-16)19(14-17-6-3-4-10-21-17)23-12-5-9-20-11-13-23/h3-4,6-8,10,15,19-20H,2,5,9,11-14H2,1H3. The van der Waals surface area contributed by atoms with Gasteiger partial charge in [0, 0.05) is 44.1 Å². The van der Waals surface area contributed by atoms with E-state index in [0.717, 1.165) is 50.4 Å². The molecule has 1 unspecified atom stereocenters. The molecule has 3 rings (SSSR count). The highest BCUT2D eigenvalue weighted by Crippen LogP contribution is 2.24. The third-order valence-electron chi connectivity index (χ3n) is 4.54. The number of nitrogens with zero attached hydrogens (tertiary/aromatic N) is 3. The molecule has 23 heavy (non-hydrogen) atoms. The number of pyridine rings is 2. The lowest BCUT2D eigenvalue weighted by atomic mass is 10.0. The van der Waals surface area contributed by atoms with E-state index in [2.05, 4.69) is 46.4 Å². The fourth-order valence-corrected chi connectivity index (χ4v) is 3.16. The Morgan fingerprint density at radius 2 is 2.09 bits per heavy atom. The van der Waals surface area contributed by atoms with Crippen LogP contribution in [-0.4, -0.2) is 41.0 Å². The maximum absolute atomic E-state index is 4.76. The normalized spacial score (nSPS) is 17.6. The molecule has 0 saturated carbocycles. The predicted octanol–water partition coefficient (Wildman–Crippen LogP) is 2.62. The highest BCUT2D eigenvalue weighted by molar-refractivity contribution is 5.19. The van der Waals surface area contributed by atoms with E-state index >= 15 is 0 Å². The second kappa shape index (κ2) is 8.18. The summed E-state index contributed by atoms with van der Waals surface area (Å²) < 4.78 is 0. The molecule has 0 bridgehead atoms. The summed E-state index contributed by atoms with van der Waals surface area (Å²) in [6.07, 6.45) is 7.04. The Balaban J connectivity index is 1.84. The first-order valence-corrected chi connectivity index (χ1v) is 8.66. The zero-order valence-corrected chi connectivity index (χ0v) is 13.9. The van der Waals surface area contributed by atoms with Gasteiger partial charge in [0.05, 0.1) is 11.7 Å². The topological polar surface area (TPSA) is 41.1 Å². The van der Waals surface area contributed by atoms with Crippen molar-refractivity contribution in [1.29, 1.82) is 0 Å². The maximum atomic E-state index is 4.76. The first-order chi connectivity index (χ1) is 11.4. The van der Waals surface area contributed by atoms with Crippen molar-refractivity contribution in [1.82, 2.24) is 20.2 Å².